The lowest BCUT2D eigenvalue weighted by atomic mass is 9.81. The molecule has 2 aliphatic carbocycles. The molecule has 2 aromatic carbocycles. The number of nitrogens with one attached hydrogen (secondary N) is 1. The normalized spacial score (nSPS) is 22.3. The summed E-state index contributed by atoms with van der Waals surface area (Å²) >= 11 is 31.1. The summed E-state index contributed by atoms with van der Waals surface area (Å²) < 4.78 is -1.25. The zero-order valence-electron chi connectivity index (χ0n) is 15.7. The molecule has 2 atom stereocenters. The number of Topliss-reactive ketones (excluding diaryl/α,β-unsaturated/α-hetero) is 1. The molecule has 3 nitrogen and oxygen atoms in total. The van der Waals surface area contributed by atoms with Gasteiger partial charge in [-0.1, -0.05) is 60.1 Å². The summed E-state index contributed by atoms with van der Waals surface area (Å²) in [5.41, 5.74) is 1.63. The number of alkyl halides is 2. The first-order valence-corrected chi connectivity index (χ1v) is 11.5. The minimum absolute atomic E-state index is 0.00932. The van der Waals surface area contributed by atoms with Crippen molar-refractivity contribution >= 4 is 75.4 Å². The summed E-state index contributed by atoms with van der Waals surface area (Å²) in [6.45, 7) is 0. The molecule has 0 aromatic heterocycles. The summed E-state index contributed by atoms with van der Waals surface area (Å²) in [5, 5.41) is 3.97. The minimum Gasteiger partial charge on any atom is -0.326 e. The third-order valence-electron chi connectivity index (χ3n) is 5.87. The quantitative estimate of drug-likeness (QED) is 0.325. The van der Waals surface area contributed by atoms with Crippen LogP contribution in [0.25, 0.3) is 0 Å². The van der Waals surface area contributed by atoms with Crippen LogP contribution >= 0.6 is 58.0 Å². The molecule has 2 fully saturated rings. The first kappa shape index (κ1) is 22.2. The van der Waals surface area contributed by atoms with Crippen molar-refractivity contribution in [1.29, 1.82) is 0 Å². The topological polar surface area (TPSA) is 46.2 Å². The highest BCUT2D eigenvalue weighted by molar-refractivity contribution is 6.53. The Morgan fingerprint density at radius 3 is 2.30 bits per heavy atom. The molecule has 2 aromatic rings. The zero-order chi connectivity index (χ0) is 21.6. The smallest absolute Gasteiger partial charge is 0.231 e. The summed E-state index contributed by atoms with van der Waals surface area (Å²) in [6, 6.07) is 9.95. The van der Waals surface area contributed by atoms with E-state index in [9.17, 15) is 9.59 Å². The molecule has 8 heteroatoms. The molecule has 30 heavy (non-hydrogen) atoms. The largest absolute Gasteiger partial charge is 0.326 e. The number of hydrogen-bond acceptors (Lipinski definition) is 2. The lowest BCUT2D eigenvalue weighted by Crippen LogP contribution is -2.18. The summed E-state index contributed by atoms with van der Waals surface area (Å²) in [7, 11) is 0. The highest BCUT2D eigenvalue weighted by Gasteiger charge is 2.67. The number of hydrogen-bond donors (Lipinski definition) is 1. The van der Waals surface area contributed by atoms with Crippen LogP contribution in [0, 0.1) is 11.8 Å². The van der Waals surface area contributed by atoms with E-state index in [-0.39, 0.29) is 11.7 Å². The van der Waals surface area contributed by atoms with Crippen molar-refractivity contribution in [3.63, 3.8) is 0 Å². The van der Waals surface area contributed by atoms with E-state index in [1.807, 2.05) is 0 Å². The average Bonchev–Trinajstić information content (AvgIpc) is 3.24. The van der Waals surface area contributed by atoms with Crippen LogP contribution in [0.15, 0.2) is 36.4 Å². The number of amides is 1. The molecule has 4 rings (SSSR count). The van der Waals surface area contributed by atoms with E-state index < -0.39 is 16.2 Å². The Bertz CT molecular complexity index is 1020. The molecule has 2 aliphatic rings. The maximum atomic E-state index is 12.9. The van der Waals surface area contributed by atoms with Gasteiger partial charge in [-0.25, -0.2) is 0 Å². The Kier molecular flexibility index (Phi) is 6.31. The van der Waals surface area contributed by atoms with E-state index in [0.717, 1.165) is 18.4 Å². The molecule has 0 radical (unpaired) electrons. The average molecular weight is 506 g/mol. The van der Waals surface area contributed by atoms with Crippen LogP contribution in [0.1, 0.15) is 47.5 Å². The van der Waals surface area contributed by atoms with Gasteiger partial charge in [-0.2, -0.15) is 0 Å². The third-order valence-corrected chi connectivity index (χ3v) is 7.88. The molecular weight excluding hydrogens is 488 g/mol. The monoisotopic (exact) mass is 503 g/mol. The number of halogens is 5. The SMILES string of the molecule is O=C(CC1CCC1)c1cc(NC(=O)C2C(c3ccc(Cl)c(Cl)c3)C2(Cl)Cl)ccc1Cl. The fourth-order valence-corrected chi connectivity index (χ4v) is 5.24. The molecule has 2 unspecified atom stereocenters. The zero-order valence-corrected chi connectivity index (χ0v) is 19.5. The standard InChI is InChI=1S/C22H18Cl5NO2/c23-15-7-5-13(10-14(15)18(29)8-11-2-1-3-11)28-21(30)20-19(22(20,26)27)12-4-6-16(24)17(25)9-12/h4-7,9-11,19-20H,1-3,8H2,(H,28,30). The molecule has 158 valence electrons. The van der Waals surface area contributed by atoms with Crippen LogP contribution in [-0.4, -0.2) is 16.0 Å². The molecule has 2 saturated carbocycles. The number of ketones is 1. The van der Waals surface area contributed by atoms with Gasteiger partial charge in [-0.3, -0.25) is 9.59 Å². The third kappa shape index (κ3) is 4.33. The van der Waals surface area contributed by atoms with Gasteiger partial charge in [0, 0.05) is 23.6 Å². The summed E-state index contributed by atoms with van der Waals surface area (Å²) in [6.07, 6.45) is 3.80. The molecule has 0 aliphatic heterocycles. The Labute approximate surface area is 200 Å². The van der Waals surface area contributed by atoms with Crippen LogP contribution in [0.4, 0.5) is 5.69 Å². The van der Waals surface area contributed by atoms with Crippen molar-refractivity contribution in [3.8, 4) is 0 Å². The van der Waals surface area contributed by atoms with Gasteiger partial charge in [-0.15, -0.1) is 23.2 Å². The number of carbonyl (C=O) groups excluding carboxylic acids is 2. The van der Waals surface area contributed by atoms with Gasteiger partial charge in [0.1, 0.15) is 4.33 Å². The van der Waals surface area contributed by atoms with Crippen molar-refractivity contribution in [3.05, 3.63) is 62.6 Å². The highest BCUT2D eigenvalue weighted by atomic mass is 35.5. The van der Waals surface area contributed by atoms with Gasteiger partial charge in [0.2, 0.25) is 5.91 Å². The molecule has 0 spiro atoms. The van der Waals surface area contributed by atoms with Crippen LogP contribution in [0.3, 0.4) is 0 Å². The van der Waals surface area contributed by atoms with Gasteiger partial charge < -0.3 is 5.32 Å². The van der Waals surface area contributed by atoms with Crippen molar-refractivity contribution < 1.29 is 9.59 Å². The predicted molar refractivity (Wildman–Crippen MR) is 124 cm³/mol. The van der Waals surface area contributed by atoms with E-state index in [0.29, 0.717) is 38.7 Å². The van der Waals surface area contributed by atoms with Crippen LogP contribution in [0.5, 0.6) is 0 Å². The Balaban J connectivity index is 1.49. The second-order valence-corrected chi connectivity index (χ2v) is 10.6. The predicted octanol–water partition coefficient (Wildman–Crippen LogP) is 7.55. The first-order valence-electron chi connectivity index (χ1n) is 9.65. The molecule has 0 heterocycles. The van der Waals surface area contributed by atoms with Crippen LogP contribution in [0.2, 0.25) is 15.1 Å². The highest BCUT2D eigenvalue weighted by Crippen LogP contribution is 2.65. The lowest BCUT2D eigenvalue weighted by Gasteiger charge is -2.24. The first-order chi connectivity index (χ1) is 14.2. The maximum Gasteiger partial charge on any atom is 0.231 e. The van der Waals surface area contributed by atoms with Gasteiger partial charge in [0.15, 0.2) is 5.78 Å². The van der Waals surface area contributed by atoms with Gasteiger partial charge in [0.05, 0.1) is 21.0 Å². The second-order valence-electron chi connectivity index (χ2n) is 7.91. The van der Waals surface area contributed by atoms with Crippen molar-refractivity contribution in [2.24, 2.45) is 11.8 Å². The van der Waals surface area contributed by atoms with E-state index in [1.54, 1.807) is 36.4 Å². The maximum absolute atomic E-state index is 12.9. The van der Waals surface area contributed by atoms with E-state index in [2.05, 4.69) is 5.32 Å². The Morgan fingerprint density at radius 1 is 0.967 bits per heavy atom. The second kappa shape index (κ2) is 8.52. The van der Waals surface area contributed by atoms with E-state index in [1.165, 1.54) is 6.42 Å². The minimum atomic E-state index is -1.25. The van der Waals surface area contributed by atoms with Gasteiger partial charge in [0.25, 0.3) is 0 Å². The number of carbonyl (C=O) groups is 2. The molecule has 1 N–H and O–H groups in total. The van der Waals surface area contributed by atoms with Gasteiger partial charge in [-0.05, 0) is 41.8 Å². The van der Waals surface area contributed by atoms with Crippen LogP contribution in [-0.2, 0) is 4.79 Å². The van der Waals surface area contributed by atoms with Crippen molar-refractivity contribution in [1.82, 2.24) is 0 Å². The number of rotatable bonds is 6. The molecular formula is C22H18Cl5NO2. The number of benzene rings is 2. The summed E-state index contributed by atoms with van der Waals surface area (Å²) in [4.78, 5) is 25.5. The molecule has 0 saturated heterocycles. The number of anilines is 1. The molecule has 0 bridgehead atoms. The van der Waals surface area contributed by atoms with E-state index in [4.69, 9.17) is 58.0 Å². The fourth-order valence-electron chi connectivity index (χ4n) is 3.88. The fraction of sp³-hybridized carbons (Fsp3) is 0.364. The van der Waals surface area contributed by atoms with Crippen LogP contribution < -0.4 is 5.32 Å². The molecule has 1 amide bonds. The lowest BCUT2D eigenvalue weighted by molar-refractivity contribution is -0.117. The Morgan fingerprint density at radius 2 is 1.67 bits per heavy atom. The van der Waals surface area contributed by atoms with Crippen molar-refractivity contribution in [2.45, 2.75) is 35.9 Å². The van der Waals surface area contributed by atoms with E-state index >= 15 is 0 Å². The van der Waals surface area contributed by atoms with Gasteiger partial charge >= 0.3 is 0 Å². The van der Waals surface area contributed by atoms with Crippen molar-refractivity contribution in [2.75, 3.05) is 5.32 Å². The summed E-state index contributed by atoms with van der Waals surface area (Å²) in [5.74, 6) is -0.996. The Hall–Kier alpha value is -0.970.